The fourth-order valence-electron chi connectivity index (χ4n) is 3.80. The molecule has 0 unspecified atom stereocenters. The van der Waals surface area contributed by atoms with Crippen molar-refractivity contribution in [1.82, 2.24) is 19.7 Å². The molecule has 198 valence electrons. The number of benzene rings is 2. The van der Waals surface area contributed by atoms with E-state index in [1.54, 1.807) is 54.1 Å². The van der Waals surface area contributed by atoms with Crippen molar-refractivity contribution in [3.8, 4) is 34.7 Å². The fraction of sp³-hybridized carbons (Fsp3) is 0.259. The monoisotopic (exact) mass is 518 g/mol. The third kappa shape index (κ3) is 5.61. The number of carbonyl (C=O) groups excluding carboxylic acids is 1. The number of hydrogen-bond acceptors (Lipinski definition) is 8. The smallest absolute Gasteiger partial charge is 0.323 e. The van der Waals surface area contributed by atoms with E-state index in [0.717, 1.165) is 17.0 Å². The number of ether oxygens (including phenoxy) is 4. The van der Waals surface area contributed by atoms with E-state index in [9.17, 15) is 4.79 Å². The summed E-state index contributed by atoms with van der Waals surface area (Å²) in [4.78, 5) is 21.5. The zero-order valence-electron chi connectivity index (χ0n) is 22.4. The van der Waals surface area contributed by atoms with Gasteiger partial charge in [-0.2, -0.15) is 10.1 Å². The van der Waals surface area contributed by atoms with Gasteiger partial charge in [-0.15, -0.1) is 0 Å². The van der Waals surface area contributed by atoms with Crippen molar-refractivity contribution in [3.05, 3.63) is 65.2 Å². The molecular weight excluding hydrogens is 488 g/mol. The SMILES string of the molecule is COc1cc(NC(=O)Nc2ccc(Oc3cc(-n4nc(C)c(C)c4C)nc(C)n3)cc2)cc(OC)c1OC. The van der Waals surface area contributed by atoms with Crippen LogP contribution in [0.25, 0.3) is 5.82 Å². The Balaban J connectivity index is 1.44. The molecule has 0 fully saturated rings. The number of nitrogens with one attached hydrogen (secondary N) is 2. The number of carbonyl (C=O) groups is 1. The van der Waals surface area contributed by atoms with Crippen LogP contribution in [0.1, 0.15) is 22.8 Å². The van der Waals surface area contributed by atoms with E-state index in [-0.39, 0.29) is 0 Å². The Kier molecular flexibility index (Phi) is 7.66. The standard InChI is InChI=1S/C27H30N6O5/c1-15-16(2)32-33(17(15)3)24-14-25(29-18(4)28-24)38-21-10-8-19(9-11-21)30-27(34)31-20-12-22(35-5)26(37-7)23(13-20)36-6/h8-14H,1-7H3,(H2,30,31,34). The molecule has 2 N–H and O–H groups in total. The highest BCUT2D eigenvalue weighted by atomic mass is 16.5. The summed E-state index contributed by atoms with van der Waals surface area (Å²) in [6.07, 6.45) is 0. The second kappa shape index (κ2) is 11.1. The minimum Gasteiger partial charge on any atom is -0.493 e. The molecule has 0 radical (unpaired) electrons. The summed E-state index contributed by atoms with van der Waals surface area (Å²) in [5, 5.41) is 10.1. The van der Waals surface area contributed by atoms with Gasteiger partial charge in [-0.25, -0.2) is 14.5 Å². The van der Waals surface area contributed by atoms with Crippen LogP contribution in [-0.2, 0) is 0 Å². The Hall–Kier alpha value is -4.80. The molecule has 4 rings (SSSR count). The molecule has 0 bridgehead atoms. The highest BCUT2D eigenvalue weighted by molar-refractivity contribution is 6.00. The molecule has 2 aromatic heterocycles. The van der Waals surface area contributed by atoms with Crippen molar-refractivity contribution in [2.24, 2.45) is 0 Å². The number of rotatable bonds is 8. The number of amides is 2. The highest BCUT2D eigenvalue weighted by Crippen LogP contribution is 2.40. The van der Waals surface area contributed by atoms with E-state index in [1.807, 2.05) is 20.8 Å². The Labute approximate surface area is 220 Å². The van der Waals surface area contributed by atoms with Gasteiger partial charge in [-0.3, -0.25) is 0 Å². The van der Waals surface area contributed by atoms with Gasteiger partial charge < -0.3 is 29.6 Å². The summed E-state index contributed by atoms with van der Waals surface area (Å²) in [7, 11) is 4.53. The minimum atomic E-state index is -0.441. The Morgan fingerprint density at radius 1 is 0.816 bits per heavy atom. The molecule has 0 aliphatic heterocycles. The first-order valence-corrected chi connectivity index (χ1v) is 11.8. The zero-order chi connectivity index (χ0) is 27.4. The van der Waals surface area contributed by atoms with Crippen LogP contribution in [0.4, 0.5) is 16.2 Å². The minimum absolute atomic E-state index is 0.388. The summed E-state index contributed by atoms with van der Waals surface area (Å²) >= 11 is 0. The number of nitrogens with zero attached hydrogens (tertiary/aromatic N) is 4. The molecule has 0 aliphatic carbocycles. The topological polar surface area (TPSA) is 122 Å². The van der Waals surface area contributed by atoms with E-state index >= 15 is 0 Å². The summed E-state index contributed by atoms with van der Waals surface area (Å²) in [5.74, 6) is 3.42. The number of methoxy groups -OCH3 is 3. The lowest BCUT2D eigenvalue weighted by molar-refractivity contribution is 0.262. The third-order valence-corrected chi connectivity index (χ3v) is 5.93. The van der Waals surface area contributed by atoms with Crippen LogP contribution in [0.15, 0.2) is 42.5 Å². The molecule has 38 heavy (non-hydrogen) atoms. The van der Waals surface area contributed by atoms with Crippen molar-refractivity contribution in [2.45, 2.75) is 27.7 Å². The molecule has 0 saturated carbocycles. The van der Waals surface area contributed by atoms with E-state index in [0.29, 0.717) is 51.9 Å². The normalized spacial score (nSPS) is 10.6. The van der Waals surface area contributed by atoms with Gasteiger partial charge >= 0.3 is 6.03 Å². The van der Waals surface area contributed by atoms with Crippen molar-refractivity contribution in [3.63, 3.8) is 0 Å². The van der Waals surface area contributed by atoms with Gasteiger partial charge in [0.2, 0.25) is 11.6 Å². The molecule has 2 aromatic carbocycles. The summed E-state index contributed by atoms with van der Waals surface area (Å²) in [5.41, 5.74) is 4.11. The van der Waals surface area contributed by atoms with Gasteiger partial charge in [0, 0.05) is 29.6 Å². The lowest BCUT2D eigenvalue weighted by Gasteiger charge is -2.15. The molecule has 0 aliphatic rings. The molecular formula is C27H30N6O5. The molecule has 11 heteroatoms. The highest BCUT2D eigenvalue weighted by Gasteiger charge is 2.15. The van der Waals surface area contributed by atoms with Crippen LogP contribution in [0.3, 0.4) is 0 Å². The quantitative estimate of drug-likeness (QED) is 0.320. The lowest BCUT2D eigenvalue weighted by Crippen LogP contribution is -2.19. The largest absolute Gasteiger partial charge is 0.493 e. The molecule has 11 nitrogen and oxygen atoms in total. The predicted molar refractivity (Wildman–Crippen MR) is 143 cm³/mol. The maximum atomic E-state index is 12.6. The number of hydrogen-bond donors (Lipinski definition) is 2. The number of aryl methyl sites for hydroxylation is 2. The zero-order valence-corrected chi connectivity index (χ0v) is 22.4. The second-order valence-corrected chi connectivity index (χ2v) is 8.44. The van der Waals surface area contributed by atoms with Gasteiger partial charge in [0.25, 0.3) is 0 Å². The first-order chi connectivity index (χ1) is 18.2. The maximum Gasteiger partial charge on any atom is 0.323 e. The van der Waals surface area contributed by atoms with Crippen LogP contribution in [0.5, 0.6) is 28.9 Å². The third-order valence-electron chi connectivity index (χ3n) is 5.93. The van der Waals surface area contributed by atoms with Crippen molar-refractivity contribution in [1.29, 1.82) is 0 Å². The number of anilines is 2. The average molecular weight is 519 g/mol. The number of aromatic nitrogens is 4. The summed E-state index contributed by atoms with van der Waals surface area (Å²) in [6, 6.07) is 11.5. The van der Waals surface area contributed by atoms with Crippen LogP contribution < -0.4 is 29.6 Å². The van der Waals surface area contributed by atoms with Crippen molar-refractivity contribution >= 4 is 17.4 Å². The maximum absolute atomic E-state index is 12.6. The van der Waals surface area contributed by atoms with E-state index in [2.05, 4.69) is 25.7 Å². The van der Waals surface area contributed by atoms with Crippen molar-refractivity contribution < 1.29 is 23.7 Å². The first kappa shape index (κ1) is 26.3. The molecule has 2 amide bonds. The second-order valence-electron chi connectivity index (χ2n) is 8.44. The van der Waals surface area contributed by atoms with E-state index in [1.165, 1.54) is 21.3 Å². The van der Waals surface area contributed by atoms with E-state index < -0.39 is 6.03 Å². The molecule has 4 aromatic rings. The number of urea groups is 1. The molecule has 0 spiro atoms. The fourth-order valence-corrected chi connectivity index (χ4v) is 3.80. The van der Waals surface area contributed by atoms with Crippen LogP contribution in [0, 0.1) is 27.7 Å². The predicted octanol–water partition coefficient (Wildman–Crippen LogP) is 5.36. The van der Waals surface area contributed by atoms with Gasteiger partial charge in [0.05, 0.1) is 32.7 Å². The van der Waals surface area contributed by atoms with Gasteiger partial charge in [-0.05, 0) is 57.5 Å². The van der Waals surface area contributed by atoms with E-state index in [4.69, 9.17) is 18.9 Å². The average Bonchev–Trinajstić information content (AvgIpc) is 3.16. The van der Waals surface area contributed by atoms with Gasteiger partial charge in [0.1, 0.15) is 11.6 Å². The molecule has 0 saturated heterocycles. The van der Waals surface area contributed by atoms with Crippen LogP contribution in [-0.4, -0.2) is 47.1 Å². The molecule has 0 atom stereocenters. The van der Waals surface area contributed by atoms with Gasteiger partial charge in [-0.1, -0.05) is 0 Å². The lowest BCUT2D eigenvalue weighted by atomic mass is 10.2. The van der Waals surface area contributed by atoms with Crippen LogP contribution in [0.2, 0.25) is 0 Å². The van der Waals surface area contributed by atoms with Crippen LogP contribution >= 0.6 is 0 Å². The molecule has 2 heterocycles. The van der Waals surface area contributed by atoms with Gasteiger partial charge in [0.15, 0.2) is 17.3 Å². The summed E-state index contributed by atoms with van der Waals surface area (Å²) < 4.78 is 23.7. The van der Waals surface area contributed by atoms with Crippen molar-refractivity contribution in [2.75, 3.05) is 32.0 Å². The Morgan fingerprint density at radius 2 is 1.45 bits per heavy atom. The first-order valence-electron chi connectivity index (χ1n) is 11.8. The Bertz CT molecular complexity index is 1440. The summed E-state index contributed by atoms with van der Waals surface area (Å²) in [6.45, 7) is 7.79. The Morgan fingerprint density at radius 3 is 2.00 bits per heavy atom.